The summed E-state index contributed by atoms with van der Waals surface area (Å²) in [4.78, 5) is 5.82. The van der Waals surface area contributed by atoms with Gasteiger partial charge in [0.25, 0.3) is 0 Å². The van der Waals surface area contributed by atoms with E-state index >= 15 is 0 Å². The van der Waals surface area contributed by atoms with Crippen molar-refractivity contribution in [3.8, 4) is 5.75 Å². The van der Waals surface area contributed by atoms with E-state index in [1.807, 2.05) is 23.1 Å². The van der Waals surface area contributed by atoms with Crippen LogP contribution in [0.2, 0.25) is 0 Å². The molecule has 188 valence electrons. The van der Waals surface area contributed by atoms with E-state index in [9.17, 15) is 8.78 Å². The fourth-order valence-electron chi connectivity index (χ4n) is 6.47. The Morgan fingerprint density at radius 2 is 1.94 bits per heavy atom. The van der Waals surface area contributed by atoms with Crippen molar-refractivity contribution in [3.63, 3.8) is 0 Å². The van der Waals surface area contributed by atoms with Gasteiger partial charge in [-0.05, 0) is 66.6 Å². The van der Waals surface area contributed by atoms with Crippen LogP contribution in [0.5, 0.6) is 5.75 Å². The SMILES string of the molecule is COc1cc(C)c2[nH]ccc2c1CN1CCC2(CC1c1ccc(Cn3cccn3)cc1)CC(F)(F)C2. The fourth-order valence-corrected chi connectivity index (χ4v) is 6.47. The van der Waals surface area contributed by atoms with Gasteiger partial charge < -0.3 is 9.72 Å². The Balaban J connectivity index is 1.32. The molecule has 1 unspecified atom stereocenters. The number of ether oxygens (including phenoxy) is 1. The van der Waals surface area contributed by atoms with Gasteiger partial charge in [0.05, 0.1) is 13.7 Å². The molecule has 1 atom stereocenters. The van der Waals surface area contributed by atoms with Crippen LogP contribution in [0, 0.1) is 12.3 Å². The van der Waals surface area contributed by atoms with E-state index < -0.39 is 5.92 Å². The van der Waals surface area contributed by atoms with Crippen molar-refractivity contribution in [1.29, 1.82) is 0 Å². The van der Waals surface area contributed by atoms with Gasteiger partial charge in [-0.3, -0.25) is 9.58 Å². The van der Waals surface area contributed by atoms with Crippen molar-refractivity contribution >= 4 is 10.9 Å². The maximum atomic E-state index is 14.0. The van der Waals surface area contributed by atoms with Gasteiger partial charge in [-0.15, -0.1) is 0 Å². The maximum absolute atomic E-state index is 14.0. The summed E-state index contributed by atoms with van der Waals surface area (Å²) in [7, 11) is 1.72. The molecule has 0 radical (unpaired) electrons. The lowest BCUT2D eigenvalue weighted by molar-refractivity contribution is -0.186. The molecule has 1 saturated heterocycles. The van der Waals surface area contributed by atoms with Crippen molar-refractivity contribution in [1.82, 2.24) is 19.7 Å². The summed E-state index contributed by atoms with van der Waals surface area (Å²) in [6.07, 6.45) is 7.29. The summed E-state index contributed by atoms with van der Waals surface area (Å²) in [5.41, 5.74) is 5.51. The summed E-state index contributed by atoms with van der Waals surface area (Å²) in [6, 6.07) is 14.8. The molecule has 1 N–H and O–H groups in total. The van der Waals surface area contributed by atoms with E-state index in [-0.39, 0.29) is 24.3 Å². The summed E-state index contributed by atoms with van der Waals surface area (Å²) in [6.45, 7) is 4.30. The number of fused-ring (bicyclic) bond motifs is 1. The third kappa shape index (κ3) is 4.19. The molecule has 2 aliphatic rings. The zero-order valence-electron chi connectivity index (χ0n) is 20.8. The summed E-state index contributed by atoms with van der Waals surface area (Å²) >= 11 is 0. The average molecular weight is 491 g/mol. The van der Waals surface area contributed by atoms with Gasteiger partial charge in [0.2, 0.25) is 5.92 Å². The number of hydrogen-bond acceptors (Lipinski definition) is 3. The van der Waals surface area contributed by atoms with Crippen molar-refractivity contribution in [2.45, 2.75) is 57.7 Å². The molecule has 3 heterocycles. The van der Waals surface area contributed by atoms with Crippen LogP contribution in [0.3, 0.4) is 0 Å². The highest BCUT2D eigenvalue weighted by molar-refractivity contribution is 5.88. The molecule has 0 amide bonds. The zero-order chi connectivity index (χ0) is 24.9. The Bertz CT molecular complexity index is 1350. The summed E-state index contributed by atoms with van der Waals surface area (Å²) in [5.74, 6) is -1.64. The number of benzene rings is 2. The van der Waals surface area contributed by atoms with E-state index in [0.717, 1.165) is 47.2 Å². The number of H-pyrrole nitrogens is 1. The predicted molar refractivity (Wildman–Crippen MR) is 136 cm³/mol. The third-order valence-corrected chi connectivity index (χ3v) is 8.22. The van der Waals surface area contributed by atoms with Crippen molar-refractivity contribution < 1.29 is 13.5 Å². The second kappa shape index (κ2) is 8.73. The Hall–Kier alpha value is -3.19. The number of aromatic amines is 1. The fraction of sp³-hybridized carbons (Fsp3) is 0.414. The first-order chi connectivity index (χ1) is 17.3. The number of alkyl halides is 2. The molecule has 6 rings (SSSR count). The molecule has 0 bridgehead atoms. The number of aryl methyl sites for hydroxylation is 1. The van der Waals surface area contributed by atoms with Crippen molar-refractivity contribution in [2.75, 3.05) is 13.7 Å². The van der Waals surface area contributed by atoms with Crippen LogP contribution in [0.4, 0.5) is 8.78 Å². The number of hydrogen-bond donors (Lipinski definition) is 1. The van der Waals surface area contributed by atoms with Crippen LogP contribution >= 0.6 is 0 Å². The van der Waals surface area contributed by atoms with E-state index in [2.05, 4.69) is 58.3 Å². The highest BCUT2D eigenvalue weighted by Crippen LogP contribution is 2.60. The maximum Gasteiger partial charge on any atom is 0.249 e. The quantitative estimate of drug-likeness (QED) is 0.336. The van der Waals surface area contributed by atoms with E-state index in [1.54, 1.807) is 13.3 Å². The number of methoxy groups -OCH3 is 1. The molecule has 2 aromatic heterocycles. The lowest BCUT2D eigenvalue weighted by Gasteiger charge is -2.54. The number of rotatable bonds is 6. The standard InChI is InChI=1S/C29H32F2N4O/c1-20-14-26(36-2)24(23-8-11-32-27(20)23)17-34-13-9-28(18-29(30,31)19-28)15-25(34)22-6-4-21(5-7-22)16-35-12-3-10-33-35/h3-8,10-12,14,25,32H,9,13,15-19H2,1-2H3. The summed E-state index contributed by atoms with van der Waals surface area (Å²) < 4.78 is 35.7. The van der Waals surface area contributed by atoms with Crippen LogP contribution in [-0.2, 0) is 13.1 Å². The number of likely N-dealkylation sites (tertiary alicyclic amines) is 1. The Labute approximate surface area is 210 Å². The van der Waals surface area contributed by atoms with Crippen LogP contribution in [-0.4, -0.2) is 39.2 Å². The first kappa shape index (κ1) is 23.2. The van der Waals surface area contributed by atoms with Crippen LogP contribution < -0.4 is 4.74 Å². The molecule has 5 nitrogen and oxygen atoms in total. The molecule has 1 aliphatic carbocycles. The monoisotopic (exact) mass is 490 g/mol. The Morgan fingerprint density at radius 1 is 1.14 bits per heavy atom. The van der Waals surface area contributed by atoms with Crippen molar-refractivity contribution in [3.05, 3.63) is 83.3 Å². The van der Waals surface area contributed by atoms with Crippen LogP contribution in [0.25, 0.3) is 10.9 Å². The van der Waals surface area contributed by atoms with Crippen LogP contribution in [0.1, 0.15) is 54.0 Å². The molecule has 1 saturated carbocycles. The number of halogens is 2. The highest BCUT2D eigenvalue weighted by atomic mass is 19.3. The minimum absolute atomic E-state index is 0.0115. The molecule has 1 aliphatic heterocycles. The summed E-state index contributed by atoms with van der Waals surface area (Å²) in [5, 5.41) is 5.46. The zero-order valence-corrected chi connectivity index (χ0v) is 20.8. The molecule has 1 spiro atoms. The number of aromatic nitrogens is 3. The van der Waals surface area contributed by atoms with Gasteiger partial charge in [0, 0.05) is 60.5 Å². The lowest BCUT2D eigenvalue weighted by atomic mass is 9.59. The van der Waals surface area contributed by atoms with E-state index in [1.165, 1.54) is 11.1 Å². The number of piperidine rings is 1. The molecular weight excluding hydrogens is 458 g/mol. The van der Waals surface area contributed by atoms with Gasteiger partial charge in [-0.1, -0.05) is 24.3 Å². The minimum Gasteiger partial charge on any atom is -0.496 e. The van der Waals surface area contributed by atoms with E-state index in [4.69, 9.17) is 4.74 Å². The van der Waals surface area contributed by atoms with Gasteiger partial charge in [-0.2, -0.15) is 5.10 Å². The number of nitrogens with one attached hydrogen (secondary N) is 1. The third-order valence-electron chi connectivity index (χ3n) is 8.22. The normalized spacial score (nSPS) is 21.1. The Morgan fingerprint density at radius 3 is 2.64 bits per heavy atom. The Kier molecular flexibility index (Phi) is 5.63. The van der Waals surface area contributed by atoms with Crippen molar-refractivity contribution in [2.24, 2.45) is 5.41 Å². The smallest absolute Gasteiger partial charge is 0.249 e. The minimum atomic E-state index is -2.52. The first-order valence-corrected chi connectivity index (χ1v) is 12.7. The van der Waals surface area contributed by atoms with Gasteiger partial charge in [0.1, 0.15) is 5.75 Å². The average Bonchev–Trinajstić information content (AvgIpc) is 3.54. The molecule has 2 aromatic carbocycles. The molecule has 4 aromatic rings. The number of nitrogens with zero attached hydrogens (tertiary/aromatic N) is 3. The second-order valence-electron chi connectivity index (χ2n) is 10.7. The molecule has 2 fully saturated rings. The predicted octanol–water partition coefficient (Wildman–Crippen LogP) is 6.48. The van der Waals surface area contributed by atoms with Gasteiger partial charge in [-0.25, -0.2) is 8.78 Å². The van der Waals surface area contributed by atoms with Crippen LogP contribution in [0.15, 0.2) is 61.1 Å². The lowest BCUT2D eigenvalue weighted by Crippen LogP contribution is -2.53. The topological polar surface area (TPSA) is 46.1 Å². The first-order valence-electron chi connectivity index (χ1n) is 12.7. The highest BCUT2D eigenvalue weighted by Gasteiger charge is 2.58. The second-order valence-corrected chi connectivity index (χ2v) is 10.7. The molecule has 7 heteroatoms. The van der Waals surface area contributed by atoms with E-state index in [0.29, 0.717) is 13.1 Å². The molecular formula is C29H32F2N4O. The van der Waals surface area contributed by atoms with Gasteiger partial charge in [0.15, 0.2) is 0 Å². The van der Waals surface area contributed by atoms with Gasteiger partial charge >= 0.3 is 0 Å². The largest absolute Gasteiger partial charge is 0.496 e. The molecule has 36 heavy (non-hydrogen) atoms.